The molecule has 0 aliphatic heterocycles. The van der Waals surface area contributed by atoms with E-state index in [9.17, 15) is 9.50 Å². The molecular formula is C18H22FNO2. The maximum absolute atomic E-state index is 13.1. The fourth-order valence-electron chi connectivity index (χ4n) is 2.33. The minimum absolute atomic E-state index is 0.234. The molecule has 0 radical (unpaired) electrons. The molecule has 0 amide bonds. The highest BCUT2D eigenvalue weighted by Gasteiger charge is 2.10. The van der Waals surface area contributed by atoms with Crippen LogP contribution in [0.1, 0.15) is 11.1 Å². The van der Waals surface area contributed by atoms with Crippen LogP contribution in [-0.4, -0.2) is 36.3 Å². The minimum atomic E-state index is -0.599. The van der Waals surface area contributed by atoms with Gasteiger partial charge < -0.3 is 9.84 Å². The van der Waals surface area contributed by atoms with E-state index in [4.69, 9.17) is 4.74 Å². The van der Waals surface area contributed by atoms with Crippen LogP contribution in [0.25, 0.3) is 0 Å². The van der Waals surface area contributed by atoms with E-state index >= 15 is 0 Å². The predicted molar refractivity (Wildman–Crippen MR) is 85.4 cm³/mol. The quantitative estimate of drug-likeness (QED) is 0.853. The highest BCUT2D eigenvalue weighted by atomic mass is 19.1. The molecule has 2 rings (SSSR count). The number of aliphatic hydroxyl groups is 1. The first-order valence-corrected chi connectivity index (χ1v) is 7.34. The molecule has 0 aromatic heterocycles. The monoisotopic (exact) mass is 303 g/mol. The number of aliphatic hydroxyl groups excluding tert-OH is 1. The van der Waals surface area contributed by atoms with Gasteiger partial charge in [0.25, 0.3) is 0 Å². The third-order valence-corrected chi connectivity index (χ3v) is 3.39. The zero-order valence-corrected chi connectivity index (χ0v) is 13.0. The summed E-state index contributed by atoms with van der Waals surface area (Å²) in [4.78, 5) is 1.95. The summed E-state index contributed by atoms with van der Waals surface area (Å²) in [6.07, 6.45) is -0.599. The smallest absolute Gasteiger partial charge is 0.123 e. The first kappa shape index (κ1) is 16.5. The zero-order chi connectivity index (χ0) is 15.9. The second-order valence-electron chi connectivity index (χ2n) is 5.56. The van der Waals surface area contributed by atoms with E-state index in [0.29, 0.717) is 13.1 Å². The van der Waals surface area contributed by atoms with Gasteiger partial charge in [-0.1, -0.05) is 30.3 Å². The molecule has 2 aromatic rings. The number of rotatable bonds is 7. The molecule has 3 nitrogen and oxygen atoms in total. The van der Waals surface area contributed by atoms with Crippen LogP contribution in [0, 0.1) is 12.7 Å². The molecule has 0 aliphatic carbocycles. The van der Waals surface area contributed by atoms with Crippen molar-refractivity contribution in [3.63, 3.8) is 0 Å². The Morgan fingerprint density at radius 3 is 2.68 bits per heavy atom. The van der Waals surface area contributed by atoms with Gasteiger partial charge in [0, 0.05) is 13.1 Å². The Labute approximate surface area is 131 Å². The van der Waals surface area contributed by atoms with E-state index in [1.807, 2.05) is 49.2 Å². The zero-order valence-electron chi connectivity index (χ0n) is 13.0. The molecular weight excluding hydrogens is 281 g/mol. The van der Waals surface area contributed by atoms with Gasteiger partial charge in [-0.2, -0.15) is 0 Å². The van der Waals surface area contributed by atoms with Gasteiger partial charge in [0.15, 0.2) is 0 Å². The summed E-state index contributed by atoms with van der Waals surface area (Å²) in [5.74, 6) is 0.545. The summed E-state index contributed by atoms with van der Waals surface area (Å²) in [5.41, 5.74) is 1.93. The van der Waals surface area contributed by atoms with Gasteiger partial charge in [0.05, 0.1) is 0 Å². The Balaban J connectivity index is 1.79. The van der Waals surface area contributed by atoms with E-state index in [1.54, 1.807) is 6.07 Å². The van der Waals surface area contributed by atoms with Crippen LogP contribution in [0.5, 0.6) is 5.75 Å². The molecule has 118 valence electrons. The summed E-state index contributed by atoms with van der Waals surface area (Å²) in [6, 6.07) is 14.2. The first-order chi connectivity index (χ1) is 10.5. The fraction of sp³-hybridized carbons (Fsp3) is 0.333. The molecule has 0 spiro atoms. The Kier molecular flexibility index (Phi) is 5.92. The van der Waals surface area contributed by atoms with Gasteiger partial charge in [-0.25, -0.2) is 4.39 Å². The van der Waals surface area contributed by atoms with Crippen LogP contribution in [-0.2, 0) is 6.54 Å². The number of nitrogens with zero attached hydrogens (tertiary/aromatic N) is 1. The summed E-state index contributed by atoms with van der Waals surface area (Å²) in [5, 5.41) is 10.1. The van der Waals surface area contributed by atoms with Crippen LogP contribution in [0.4, 0.5) is 4.39 Å². The van der Waals surface area contributed by atoms with Crippen molar-refractivity contribution in [2.75, 3.05) is 20.2 Å². The molecule has 0 aliphatic rings. The Morgan fingerprint density at radius 1 is 1.18 bits per heavy atom. The Morgan fingerprint density at radius 2 is 1.95 bits per heavy atom. The highest BCUT2D eigenvalue weighted by molar-refractivity contribution is 5.31. The topological polar surface area (TPSA) is 32.7 Å². The van der Waals surface area contributed by atoms with Gasteiger partial charge in [-0.3, -0.25) is 4.90 Å². The van der Waals surface area contributed by atoms with Gasteiger partial charge in [-0.05, 0) is 43.3 Å². The van der Waals surface area contributed by atoms with Gasteiger partial charge in [0.2, 0.25) is 0 Å². The molecule has 22 heavy (non-hydrogen) atoms. The SMILES string of the molecule is Cc1ccccc1OCC(O)CN(C)Cc1cccc(F)c1. The standard InChI is InChI=1S/C18H22FNO2/c1-14-6-3-4-9-18(14)22-13-17(21)12-20(2)11-15-7-5-8-16(19)10-15/h3-10,17,21H,11-13H2,1-2H3. The van der Waals surface area contributed by atoms with E-state index in [2.05, 4.69) is 0 Å². The number of aryl methyl sites for hydroxylation is 1. The number of ether oxygens (including phenoxy) is 1. The van der Waals surface area contributed by atoms with E-state index in [1.165, 1.54) is 12.1 Å². The van der Waals surface area contributed by atoms with Crippen LogP contribution >= 0.6 is 0 Å². The van der Waals surface area contributed by atoms with Gasteiger partial charge in [0.1, 0.15) is 24.3 Å². The molecule has 1 atom stereocenters. The molecule has 2 aromatic carbocycles. The maximum atomic E-state index is 13.1. The van der Waals surface area contributed by atoms with Crippen molar-refractivity contribution >= 4 is 0 Å². The number of halogens is 1. The van der Waals surface area contributed by atoms with Crippen molar-refractivity contribution in [2.45, 2.75) is 19.6 Å². The van der Waals surface area contributed by atoms with Gasteiger partial charge >= 0.3 is 0 Å². The third-order valence-electron chi connectivity index (χ3n) is 3.39. The maximum Gasteiger partial charge on any atom is 0.123 e. The number of hydrogen-bond acceptors (Lipinski definition) is 3. The number of hydrogen-bond donors (Lipinski definition) is 1. The summed E-state index contributed by atoms with van der Waals surface area (Å²) >= 11 is 0. The Bertz CT molecular complexity index is 603. The van der Waals surface area contributed by atoms with Crippen molar-refractivity contribution < 1.29 is 14.2 Å². The van der Waals surface area contributed by atoms with Crippen molar-refractivity contribution in [2.24, 2.45) is 0 Å². The summed E-state index contributed by atoms with van der Waals surface area (Å²) < 4.78 is 18.8. The molecule has 0 bridgehead atoms. The second-order valence-corrected chi connectivity index (χ2v) is 5.56. The minimum Gasteiger partial charge on any atom is -0.491 e. The van der Waals surface area contributed by atoms with Crippen molar-refractivity contribution in [3.8, 4) is 5.75 Å². The van der Waals surface area contributed by atoms with Gasteiger partial charge in [-0.15, -0.1) is 0 Å². The lowest BCUT2D eigenvalue weighted by atomic mass is 10.2. The van der Waals surface area contributed by atoms with E-state index in [-0.39, 0.29) is 12.4 Å². The van der Waals surface area contributed by atoms with Crippen LogP contribution in [0.3, 0.4) is 0 Å². The first-order valence-electron chi connectivity index (χ1n) is 7.34. The average Bonchev–Trinajstić information content (AvgIpc) is 2.46. The normalized spacial score (nSPS) is 12.4. The number of likely N-dealkylation sites (N-methyl/N-ethyl adjacent to an activating group) is 1. The molecule has 0 saturated carbocycles. The molecule has 1 unspecified atom stereocenters. The summed E-state index contributed by atoms with van der Waals surface area (Å²) in [6.45, 7) is 3.25. The van der Waals surface area contributed by atoms with Crippen molar-refractivity contribution in [3.05, 3.63) is 65.5 Å². The summed E-state index contributed by atoms with van der Waals surface area (Å²) in [7, 11) is 1.89. The second kappa shape index (κ2) is 7.92. The van der Waals surface area contributed by atoms with Crippen LogP contribution in [0.15, 0.2) is 48.5 Å². The lowest BCUT2D eigenvalue weighted by Gasteiger charge is -2.21. The molecule has 1 N–H and O–H groups in total. The van der Waals surface area contributed by atoms with Crippen molar-refractivity contribution in [1.29, 1.82) is 0 Å². The molecule has 0 saturated heterocycles. The third kappa shape index (κ3) is 5.13. The average molecular weight is 303 g/mol. The van der Waals surface area contributed by atoms with E-state index < -0.39 is 6.10 Å². The lowest BCUT2D eigenvalue weighted by molar-refractivity contribution is 0.0741. The van der Waals surface area contributed by atoms with Crippen LogP contribution in [0.2, 0.25) is 0 Å². The lowest BCUT2D eigenvalue weighted by Crippen LogP contribution is -2.32. The predicted octanol–water partition coefficient (Wildman–Crippen LogP) is 3.01. The van der Waals surface area contributed by atoms with E-state index in [0.717, 1.165) is 16.9 Å². The molecule has 0 fully saturated rings. The highest BCUT2D eigenvalue weighted by Crippen LogP contribution is 2.16. The molecule has 0 heterocycles. The fourth-order valence-corrected chi connectivity index (χ4v) is 2.33. The largest absolute Gasteiger partial charge is 0.491 e. The number of para-hydroxylation sites is 1. The Hall–Kier alpha value is -1.91. The molecule has 4 heteroatoms. The van der Waals surface area contributed by atoms with Crippen molar-refractivity contribution in [1.82, 2.24) is 4.90 Å². The number of benzene rings is 2. The van der Waals surface area contributed by atoms with Crippen LogP contribution < -0.4 is 4.74 Å².